The highest BCUT2D eigenvalue weighted by Gasteiger charge is 2.10. The molecule has 0 radical (unpaired) electrons. The lowest BCUT2D eigenvalue weighted by Crippen LogP contribution is -2.01. The molecule has 108 valence electrons. The van der Waals surface area contributed by atoms with E-state index >= 15 is 0 Å². The number of methoxy groups -OCH3 is 1. The van der Waals surface area contributed by atoms with Crippen LogP contribution in [-0.4, -0.2) is 26.8 Å². The highest BCUT2D eigenvalue weighted by molar-refractivity contribution is 5.84. The molecule has 0 amide bonds. The van der Waals surface area contributed by atoms with Crippen LogP contribution < -0.4 is 4.74 Å². The Morgan fingerprint density at radius 1 is 1.48 bits per heavy atom. The van der Waals surface area contributed by atoms with Gasteiger partial charge >= 0.3 is 5.69 Å². The fourth-order valence-corrected chi connectivity index (χ4v) is 2.30. The van der Waals surface area contributed by atoms with Gasteiger partial charge in [0, 0.05) is 23.6 Å². The van der Waals surface area contributed by atoms with E-state index < -0.39 is 4.92 Å². The average Bonchev–Trinajstić information content (AvgIpc) is 3.11. The Morgan fingerprint density at radius 3 is 3.05 bits per heavy atom. The number of hydrogen-bond acceptors (Lipinski definition) is 4. The minimum absolute atomic E-state index is 0.00981. The Balaban J connectivity index is 1.79. The van der Waals surface area contributed by atoms with E-state index in [-0.39, 0.29) is 5.69 Å². The molecule has 0 aliphatic carbocycles. The van der Waals surface area contributed by atoms with Crippen molar-refractivity contribution in [3.05, 3.63) is 52.5 Å². The molecule has 0 aliphatic heterocycles. The zero-order valence-electron chi connectivity index (χ0n) is 11.4. The molecule has 3 rings (SSSR count). The second-order valence-electron chi connectivity index (χ2n) is 4.69. The third-order valence-electron chi connectivity index (χ3n) is 3.42. The van der Waals surface area contributed by atoms with Crippen molar-refractivity contribution in [3.8, 4) is 5.75 Å². The quantitative estimate of drug-likeness (QED) is 0.576. The van der Waals surface area contributed by atoms with Gasteiger partial charge in [0.05, 0.1) is 12.0 Å². The summed E-state index contributed by atoms with van der Waals surface area (Å²) in [4.78, 5) is 13.4. The smallest absolute Gasteiger partial charge is 0.306 e. The molecule has 1 N–H and O–H groups in total. The van der Waals surface area contributed by atoms with Crippen molar-refractivity contribution in [3.63, 3.8) is 0 Å². The first-order valence-electron chi connectivity index (χ1n) is 6.48. The van der Waals surface area contributed by atoms with Crippen LogP contribution in [0.5, 0.6) is 5.75 Å². The number of H-pyrrole nitrogens is 1. The zero-order chi connectivity index (χ0) is 14.8. The Bertz CT molecular complexity index is 790. The van der Waals surface area contributed by atoms with Crippen molar-refractivity contribution in [2.45, 2.75) is 13.0 Å². The molecule has 7 nitrogen and oxygen atoms in total. The molecule has 0 aliphatic rings. The average molecular weight is 286 g/mol. The van der Waals surface area contributed by atoms with Gasteiger partial charge in [0.2, 0.25) is 0 Å². The number of aromatic amines is 1. The number of aryl methyl sites for hydroxylation is 2. The summed E-state index contributed by atoms with van der Waals surface area (Å²) in [6.07, 6.45) is 5.38. The summed E-state index contributed by atoms with van der Waals surface area (Å²) in [5.74, 6) is 0.804. The number of aromatic nitrogens is 3. The predicted molar refractivity (Wildman–Crippen MR) is 77.4 cm³/mol. The van der Waals surface area contributed by atoms with Gasteiger partial charge in [-0.15, -0.1) is 0 Å². The Morgan fingerprint density at radius 2 is 2.33 bits per heavy atom. The first-order chi connectivity index (χ1) is 10.2. The van der Waals surface area contributed by atoms with Gasteiger partial charge in [-0.05, 0) is 30.2 Å². The monoisotopic (exact) mass is 286 g/mol. The van der Waals surface area contributed by atoms with Gasteiger partial charge in [0.15, 0.2) is 0 Å². The molecule has 0 saturated heterocycles. The first kappa shape index (κ1) is 13.2. The SMILES string of the molecule is COc1ccc2[nH]cc(CCn3cc([N+](=O)[O-])cn3)c2c1. The van der Waals surface area contributed by atoms with Crippen molar-refractivity contribution in [1.29, 1.82) is 0 Å². The molecule has 2 heterocycles. The highest BCUT2D eigenvalue weighted by atomic mass is 16.6. The lowest BCUT2D eigenvalue weighted by Gasteiger charge is -2.02. The van der Waals surface area contributed by atoms with Crippen LogP contribution in [0.3, 0.4) is 0 Å². The third-order valence-corrected chi connectivity index (χ3v) is 3.42. The molecule has 0 saturated carbocycles. The second kappa shape index (κ2) is 5.28. The van der Waals surface area contributed by atoms with Gasteiger partial charge in [-0.3, -0.25) is 14.8 Å². The van der Waals surface area contributed by atoms with Crippen molar-refractivity contribution in [2.24, 2.45) is 0 Å². The van der Waals surface area contributed by atoms with E-state index in [1.54, 1.807) is 11.8 Å². The summed E-state index contributed by atoms with van der Waals surface area (Å²) in [6.45, 7) is 0.581. The lowest BCUT2D eigenvalue weighted by molar-refractivity contribution is -0.385. The number of fused-ring (bicyclic) bond motifs is 1. The fourth-order valence-electron chi connectivity index (χ4n) is 2.30. The largest absolute Gasteiger partial charge is 0.497 e. The van der Waals surface area contributed by atoms with E-state index in [9.17, 15) is 10.1 Å². The van der Waals surface area contributed by atoms with E-state index in [0.29, 0.717) is 6.54 Å². The van der Waals surface area contributed by atoms with Crippen LogP contribution in [0.1, 0.15) is 5.56 Å². The summed E-state index contributed by atoms with van der Waals surface area (Å²) in [7, 11) is 1.64. The number of rotatable bonds is 5. The van der Waals surface area contributed by atoms with Crippen molar-refractivity contribution < 1.29 is 9.66 Å². The molecule has 2 aromatic heterocycles. The Hall–Kier alpha value is -2.83. The standard InChI is InChI=1S/C14H14N4O3/c1-21-12-2-3-14-13(6-12)10(7-15-14)4-5-17-9-11(8-16-17)18(19)20/h2-3,6-9,15H,4-5H2,1H3. The third kappa shape index (κ3) is 2.58. The maximum absolute atomic E-state index is 10.6. The van der Waals surface area contributed by atoms with Crippen LogP contribution in [0.15, 0.2) is 36.8 Å². The molecular weight excluding hydrogens is 272 g/mol. The maximum atomic E-state index is 10.6. The van der Waals surface area contributed by atoms with Crippen molar-refractivity contribution >= 4 is 16.6 Å². The van der Waals surface area contributed by atoms with E-state index in [1.165, 1.54) is 12.4 Å². The van der Waals surface area contributed by atoms with Crippen LogP contribution in [0.2, 0.25) is 0 Å². The first-order valence-corrected chi connectivity index (χ1v) is 6.48. The Kier molecular flexibility index (Phi) is 3.31. The topological polar surface area (TPSA) is 86.0 Å². The number of nitro groups is 1. The van der Waals surface area contributed by atoms with Gasteiger partial charge in [-0.2, -0.15) is 5.10 Å². The maximum Gasteiger partial charge on any atom is 0.306 e. The van der Waals surface area contributed by atoms with Gasteiger partial charge < -0.3 is 9.72 Å². The molecular formula is C14H14N4O3. The van der Waals surface area contributed by atoms with Gasteiger partial charge in [0.1, 0.15) is 18.1 Å². The van der Waals surface area contributed by atoms with Crippen molar-refractivity contribution in [1.82, 2.24) is 14.8 Å². The molecule has 0 bridgehead atoms. The summed E-state index contributed by atoms with van der Waals surface area (Å²) in [6, 6.07) is 5.85. The molecule has 0 spiro atoms. The van der Waals surface area contributed by atoms with Crippen LogP contribution >= 0.6 is 0 Å². The second-order valence-corrected chi connectivity index (χ2v) is 4.69. The van der Waals surface area contributed by atoms with E-state index in [1.807, 2.05) is 24.4 Å². The van der Waals surface area contributed by atoms with Crippen LogP contribution in [0.25, 0.3) is 10.9 Å². The molecule has 0 unspecified atom stereocenters. The van der Waals surface area contributed by atoms with E-state index in [2.05, 4.69) is 10.1 Å². The van der Waals surface area contributed by atoms with Crippen LogP contribution in [0, 0.1) is 10.1 Å². The molecule has 0 atom stereocenters. The fraction of sp³-hybridized carbons (Fsp3) is 0.214. The molecule has 1 aromatic carbocycles. The lowest BCUT2D eigenvalue weighted by atomic mass is 10.1. The molecule has 21 heavy (non-hydrogen) atoms. The van der Waals surface area contributed by atoms with Crippen LogP contribution in [0.4, 0.5) is 5.69 Å². The normalized spacial score (nSPS) is 10.9. The van der Waals surface area contributed by atoms with E-state index in [4.69, 9.17) is 4.74 Å². The number of benzene rings is 1. The van der Waals surface area contributed by atoms with Gasteiger partial charge in [-0.25, -0.2) is 0 Å². The van der Waals surface area contributed by atoms with E-state index in [0.717, 1.165) is 28.6 Å². The van der Waals surface area contributed by atoms with Gasteiger partial charge in [0.25, 0.3) is 0 Å². The number of nitrogens with zero attached hydrogens (tertiary/aromatic N) is 3. The number of nitrogens with one attached hydrogen (secondary N) is 1. The van der Waals surface area contributed by atoms with Crippen molar-refractivity contribution in [2.75, 3.05) is 7.11 Å². The predicted octanol–water partition coefficient (Wildman–Crippen LogP) is 2.52. The molecule has 7 heteroatoms. The summed E-state index contributed by atoms with van der Waals surface area (Å²) >= 11 is 0. The Labute approximate surface area is 120 Å². The summed E-state index contributed by atoms with van der Waals surface area (Å²) in [5.41, 5.74) is 2.18. The summed E-state index contributed by atoms with van der Waals surface area (Å²) < 4.78 is 6.81. The zero-order valence-corrected chi connectivity index (χ0v) is 11.4. The summed E-state index contributed by atoms with van der Waals surface area (Å²) in [5, 5.41) is 15.7. The highest BCUT2D eigenvalue weighted by Crippen LogP contribution is 2.24. The van der Waals surface area contributed by atoms with Crippen LogP contribution in [-0.2, 0) is 13.0 Å². The number of ether oxygens (including phenoxy) is 1. The van der Waals surface area contributed by atoms with Gasteiger partial charge in [-0.1, -0.05) is 0 Å². The molecule has 3 aromatic rings. The minimum Gasteiger partial charge on any atom is -0.497 e. The number of hydrogen-bond donors (Lipinski definition) is 1. The minimum atomic E-state index is -0.444. The molecule has 0 fully saturated rings.